The van der Waals surface area contributed by atoms with Gasteiger partial charge in [-0.05, 0) is 55.7 Å². The molecule has 0 aliphatic heterocycles. The van der Waals surface area contributed by atoms with E-state index in [1.807, 2.05) is 0 Å². The van der Waals surface area contributed by atoms with Crippen molar-refractivity contribution in [1.82, 2.24) is 5.32 Å². The third-order valence-corrected chi connectivity index (χ3v) is 3.88. The van der Waals surface area contributed by atoms with Gasteiger partial charge in [-0.2, -0.15) is 0 Å². The number of benzene rings is 1. The lowest BCUT2D eigenvalue weighted by Gasteiger charge is -2.27. The van der Waals surface area contributed by atoms with Gasteiger partial charge < -0.3 is 5.32 Å². The SMILES string of the molecule is Cc1cc(C)c(CCC(C)(C)CNC(C)C)c(C)c1. The first-order valence-electron chi connectivity index (χ1n) is 7.51. The zero-order chi connectivity index (χ0) is 14.6. The molecule has 1 rings (SSSR count). The molecule has 1 nitrogen and oxygen atoms in total. The Morgan fingerprint density at radius 2 is 1.58 bits per heavy atom. The molecule has 0 bridgehead atoms. The van der Waals surface area contributed by atoms with E-state index in [0.717, 1.165) is 6.54 Å². The molecule has 0 saturated heterocycles. The van der Waals surface area contributed by atoms with Crippen molar-refractivity contribution in [1.29, 1.82) is 0 Å². The average Bonchev–Trinajstić information content (AvgIpc) is 2.25. The van der Waals surface area contributed by atoms with Gasteiger partial charge in [0.05, 0.1) is 0 Å². The monoisotopic (exact) mass is 261 g/mol. The lowest BCUT2D eigenvalue weighted by molar-refractivity contribution is 0.304. The molecule has 19 heavy (non-hydrogen) atoms. The van der Waals surface area contributed by atoms with E-state index >= 15 is 0 Å². The quantitative estimate of drug-likeness (QED) is 0.791. The van der Waals surface area contributed by atoms with Crippen molar-refractivity contribution in [2.75, 3.05) is 6.54 Å². The molecule has 0 saturated carbocycles. The van der Waals surface area contributed by atoms with Crippen molar-refractivity contribution in [3.63, 3.8) is 0 Å². The van der Waals surface area contributed by atoms with E-state index < -0.39 is 0 Å². The standard InChI is InChI=1S/C18H31N/c1-13(2)19-12-18(6,7)9-8-17-15(4)10-14(3)11-16(17)5/h10-11,13,19H,8-9,12H2,1-7H3. The highest BCUT2D eigenvalue weighted by Gasteiger charge is 2.18. The highest BCUT2D eigenvalue weighted by molar-refractivity contribution is 5.37. The second-order valence-corrected chi connectivity index (χ2v) is 7.08. The Morgan fingerprint density at radius 3 is 2.05 bits per heavy atom. The zero-order valence-corrected chi connectivity index (χ0v) is 13.9. The summed E-state index contributed by atoms with van der Waals surface area (Å²) >= 11 is 0. The van der Waals surface area contributed by atoms with E-state index in [0.29, 0.717) is 11.5 Å². The highest BCUT2D eigenvalue weighted by Crippen LogP contribution is 2.25. The number of rotatable bonds is 6. The van der Waals surface area contributed by atoms with Crippen molar-refractivity contribution in [3.8, 4) is 0 Å². The molecular formula is C18H31N. The molecule has 0 atom stereocenters. The maximum atomic E-state index is 3.56. The maximum absolute atomic E-state index is 3.56. The highest BCUT2D eigenvalue weighted by atomic mass is 14.9. The average molecular weight is 261 g/mol. The van der Waals surface area contributed by atoms with Crippen LogP contribution in [0.5, 0.6) is 0 Å². The van der Waals surface area contributed by atoms with Gasteiger partial charge in [0.2, 0.25) is 0 Å². The van der Waals surface area contributed by atoms with Crippen LogP contribution in [0.4, 0.5) is 0 Å². The minimum Gasteiger partial charge on any atom is -0.314 e. The van der Waals surface area contributed by atoms with Crippen LogP contribution in [-0.4, -0.2) is 12.6 Å². The zero-order valence-electron chi connectivity index (χ0n) is 13.9. The van der Waals surface area contributed by atoms with Gasteiger partial charge in [0.1, 0.15) is 0 Å². The van der Waals surface area contributed by atoms with Gasteiger partial charge in [-0.25, -0.2) is 0 Å². The Morgan fingerprint density at radius 1 is 1.05 bits per heavy atom. The Bertz CT molecular complexity index is 393. The normalized spacial score (nSPS) is 12.2. The molecule has 108 valence electrons. The molecule has 1 N–H and O–H groups in total. The Balaban J connectivity index is 2.66. The third-order valence-electron chi connectivity index (χ3n) is 3.88. The van der Waals surface area contributed by atoms with Crippen molar-refractivity contribution < 1.29 is 0 Å². The fraction of sp³-hybridized carbons (Fsp3) is 0.667. The van der Waals surface area contributed by atoms with Crippen LogP contribution < -0.4 is 5.32 Å². The van der Waals surface area contributed by atoms with Crippen LogP contribution in [0.3, 0.4) is 0 Å². The van der Waals surface area contributed by atoms with Crippen LogP contribution in [-0.2, 0) is 6.42 Å². The van der Waals surface area contributed by atoms with E-state index in [-0.39, 0.29) is 0 Å². The van der Waals surface area contributed by atoms with Crippen molar-refractivity contribution in [2.24, 2.45) is 5.41 Å². The molecule has 1 aromatic rings. The second kappa shape index (κ2) is 6.56. The summed E-state index contributed by atoms with van der Waals surface area (Å²) in [5, 5.41) is 3.56. The van der Waals surface area contributed by atoms with Gasteiger partial charge in [-0.15, -0.1) is 0 Å². The summed E-state index contributed by atoms with van der Waals surface area (Å²) in [6.07, 6.45) is 2.42. The molecule has 1 aromatic carbocycles. The maximum Gasteiger partial charge on any atom is 0.00106 e. The van der Waals surface area contributed by atoms with Crippen molar-refractivity contribution in [2.45, 2.75) is 67.3 Å². The van der Waals surface area contributed by atoms with Crippen LogP contribution in [0.1, 0.15) is 56.4 Å². The molecule has 0 fully saturated rings. The minimum absolute atomic E-state index is 0.355. The summed E-state index contributed by atoms with van der Waals surface area (Å²) in [4.78, 5) is 0. The molecule has 0 aliphatic rings. The fourth-order valence-corrected chi connectivity index (χ4v) is 2.64. The van der Waals surface area contributed by atoms with E-state index in [1.54, 1.807) is 5.56 Å². The van der Waals surface area contributed by atoms with Crippen molar-refractivity contribution >= 4 is 0 Å². The van der Waals surface area contributed by atoms with E-state index in [1.165, 1.54) is 29.5 Å². The summed E-state index contributed by atoms with van der Waals surface area (Å²) in [7, 11) is 0. The van der Waals surface area contributed by atoms with Crippen LogP contribution >= 0.6 is 0 Å². The number of aryl methyl sites for hydroxylation is 3. The Kier molecular flexibility index (Phi) is 5.61. The summed E-state index contributed by atoms with van der Waals surface area (Å²) < 4.78 is 0. The first kappa shape index (κ1) is 16.2. The van der Waals surface area contributed by atoms with E-state index in [4.69, 9.17) is 0 Å². The van der Waals surface area contributed by atoms with Crippen LogP contribution in [0.25, 0.3) is 0 Å². The fourth-order valence-electron chi connectivity index (χ4n) is 2.64. The molecular weight excluding hydrogens is 230 g/mol. The first-order chi connectivity index (χ1) is 8.71. The summed E-state index contributed by atoms with van der Waals surface area (Å²) in [6.45, 7) is 16.9. The largest absolute Gasteiger partial charge is 0.314 e. The number of hydrogen-bond donors (Lipinski definition) is 1. The minimum atomic E-state index is 0.355. The van der Waals surface area contributed by atoms with Gasteiger partial charge in [0.25, 0.3) is 0 Å². The molecule has 0 unspecified atom stereocenters. The van der Waals surface area contributed by atoms with E-state index in [2.05, 4.69) is 65.9 Å². The van der Waals surface area contributed by atoms with Gasteiger partial charge in [0.15, 0.2) is 0 Å². The second-order valence-electron chi connectivity index (χ2n) is 7.08. The lowest BCUT2D eigenvalue weighted by atomic mass is 9.84. The number of nitrogens with one attached hydrogen (secondary N) is 1. The van der Waals surface area contributed by atoms with Crippen LogP contribution in [0.2, 0.25) is 0 Å². The molecule has 1 heteroatoms. The third kappa shape index (κ3) is 5.36. The smallest absolute Gasteiger partial charge is 0.00106 e. The predicted octanol–water partition coefficient (Wildman–Crippen LogP) is 4.57. The van der Waals surface area contributed by atoms with Gasteiger partial charge in [-0.1, -0.05) is 45.4 Å². The summed E-state index contributed by atoms with van der Waals surface area (Å²) in [5.74, 6) is 0. The molecule has 0 radical (unpaired) electrons. The van der Waals surface area contributed by atoms with Crippen molar-refractivity contribution in [3.05, 3.63) is 34.4 Å². The number of hydrogen-bond acceptors (Lipinski definition) is 1. The van der Waals surface area contributed by atoms with Gasteiger partial charge in [-0.3, -0.25) is 0 Å². The molecule has 0 heterocycles. The summed E-state index contributed by atoms with van der Waals surface area (Å²) in [5.41, 5.74) is 6.17. The first-order valence-corrected chi connectivity index (χ1v) is 7.51. The van der Waals surface area contributed by atoms with Crippen LogP contribution in [0, 0.1) is 26.2 Å². The van der Waals surface area contributed by atoms with Gasteiger partial charge in [0, 0.05) is 12.6 Å². The molecule has 0 aromatic heterocycles. The van der Waals surface area contributed by atoms with E-state index in [9.17, 15) is 0 Å². The molecule has 0 spiro atoms. The Labute approximate surface area is 119 Å². The topological polar surface area (TPSA) is 12.0 Å². The molecule has 0 amide bonds. The van der Waals surface area contributed by atoms with Crippen LogP contribution in [0.15, 0.2) is 12.1 Å². The van der Waals surface area contributed by atoms with Gasteiger partial charge >= 0.3 is 0 Å². The summed E-state index contributed by atoms with van der Waals surface area (Å²) in [6, 6.07) is 5.19. The predicted molar refractivity (Wildman–Crippen MR) is 85.9 cm³/mol. The molecule has 0 aliphatic carbocycles. The lowest BCUT2D eigenvalue weighted by Crippen LogP contribution is -2.34. The Hall–Kier alpha value is -0.820.